The molecule has 1 aliphatic rings. The molecular weight excluding hydrogens is 260 g/mol. The minimum absolute atomic E-state index is 0.474. The summed E-state index contributed by atoms with van der Waals surface area (Å²) in [6.45, 7) is 0.993. The van der Waals surface area contributed by atoms with Crippen molar-refractivity contribution in [3.05, 3.63) is 46.5 Å². The second-order valence-electron chi connectivity index (χ2n) is 4.92. The summed E-state index contributed by atoms with van der Waals surface area (Å²) >= 11 is 6.02. The smallest absolute Gasteiger partial charge is 0.137 e. The van der Waals surface area contributed by atoms with Crippen LogP contribution in [0.4, 0.5) is 0 Å². The maximum atomic E-state index is 6.02. The Morgan fingerprint density at radius 3 is 3.21 bits per heavy atom. The number of halogens is 1. The predicted molar refractivity (Wildman–Crippen MR) is 75.2 cm³/mol. The fourth-order valence-corrected chi connectivity index (χ4v) is 2.88. The molecule has 3 rings (SSSR count). The first-order valence-corrected chi connectivity index (χ1v) is 7.06. The van der Waals surface area contributed by atoms with Crippen molar-refractivity contribution in [2.75, 3.05) is 6.54 Å². The van der Waals surface area contributed by atoms with Gasteiger partial charge in [-0.25, -0.2) is 4.98 Å². The summed E-state index contributed by atoms with van der Waals surface area (Å²) in [5, 5.41) is 11.2. The van der Waals surface area contributed by atoms with Crippen LogP contribution in [0.15, 0.2) is 24.5 Å². The molecule has 2 aromatic rings. The van der Waals surface area contributed by atoms with Gasteiger partial charge in [0.05, 0.1) is 0 Å². The van der Waals surface area contributed by atoms with E-state index in [1.165, 1.54) is 11.1 Å². The van der Waals surface area contributed by atoms with Gasteiger partial charge in [-0.05, 0) is 49.1 Å². The molecule has 1 atom stereocenters. The molecule has 5 heteroatoms. The zero-order valence-corrected chi connectivity index (χ0v) is 11.5. The minimum atomic E-state index is 0.474. The highest BCUT2D eigenvalue weighted by molar-refractivity contribution is 6.30. The molecule has 1 aliphatic carbocycles. The van der Waals surface area contributed by atoms with E-state index in [9.17, 15) is 0 Å². The molecule has 19 heavy (non-hydrogen) atoms. The highest BCUT2D eigenvalue weighted by atomic mass is 35.5. The summed E-state index contributed by atoms with van der Waals surface area (Å²) < 4.78 is 0. The summed E-state index contributed by atoms with van der Waals surface area (Å²) in [5.74, 6) is 0.959. The van der Waals surface area contributed by atoms with E-state index in [1.807, 2.05) is 6.07 Å². The molecule has 0 radical (unpaired) electrons. The van der Waals surface area contributed by atoms with Crippen molar-refractivity contribution in [1.29, 1.82) is 0 Å². The molecule has 2 N–H and O–H groups in total. The van der Waals surface area contributed by atoms with Crippen LogP contribution in [-0.4, -0.2) is 21.7 Å². The largest absolute Gasteiger partial charge is 0.310 e. The van der Waals surface area contributed by atoms with Crippen molar-refractivity contribution in [2.24, 2.45) is 0 Å². The highest BCUT2D eigenvalue weighted by Gasteiger charge is 2.21. The lowest BCUT2D eigenvalue weighted by molar-refractivity contribution is 0.518. The first kappa shape index (κ1) is 12.6. The van der Waals surface area contributed by atoms with Gasteiger partial charge < -0.3 is 5.32 Å². The van der Waals surface area contributed by atoms with Gasteiger partial charge in [0.2, 0.25) is 0 Å². The van der Waals surface area contributed by atoms with Crippen molar-refractivity contribution < 1.29 is 0 Å². The molecule has 1 heterocycles. The Bertz CT molecular complexity index is 538. The van der Waals surface area contributed by atoms with Crippen LogP contribution >= 0.6 is 11.6 Å². The third kappa shape index (κ3) is 2.96. The highest BCUT2D eigenvalue weighted by Crippen LogP contribution is 2.32. The lowest BCUT2D eigenvalue weighted by Gasteiger charge is -2.13. The van der Waals surface area contributed by atoms with Crippen molar-refractivity contribution in [3.63, 3.8) is 0 Å². The Morgan fingerprint density at radius 2 is 2.37 bits per heavy atom. The van der Waals surface area contributed by atoms with Gasteiger partial charge in [-0.3, -0.25) is 5.10 Å². The second-order valence-corrected chi connectivity index (χ2v) is 5.36. The molecule has 0 amide bonds. The Labute approximate surface area is 117 Å². The van der Waals surface area contributed by atoms with Crippen LogP contribution in [0.3, 0.4) is 0 Å². The average Bonchev–Trinajstić information content (AvgIpc) is 3.03. The number of nitrogens with one attached hydrogen (secondary N) is 2. The average molecular weight is 277 g/mol. The molecule has 0 saturated heterocycles. The van der Waals surface area contributed by atoms with Crippen molar-refractivity contribution >= 4 is 11.6 Å². The van der Waals surface area contributed by atoms with E-state index in [1.54, 1.807) is 6.33 Å². The molecule has 0 spiro atoms. The number of aromatic nitrogens is 3. The van der Waals surface area contributed by atoms with Gasteiger partial charge in [0.25, 0.3) is 0 Å². The van der Waals surface area contributed by atoms with Crippen molar-refractivity contribution in [1.82, 2.24) is 20.5 Å². The van der Waals surface area contributed by atoms with Crippen molar-refractivity contribution in [3.8, 4) is 0 Å². The minimum Gasteiger partial charge on any atom is -0.310 e. The normalized spacial score (nSPS) is 17.6. The van der Waals surface area contributed by atoms with Crippen LogP contribution in [0.5, 0.6) is 0 Å². The number of fused-ring (bicyclic) bond motifs is 1. The molecule has 0 fully saturated rings. The summed E-state index contributed by atoms with van der Waals surface area (Å²) in [6.07, 6.45) is 5.84. The number of rotatable bonds is 5. The van der Waals surface area contributed by atoms with Gasteiger partial charge in [-0.2, -0.15) is 5.10 Å². The first-order valence-electron chi connectivity index (χ1n) is 6.69. The summed E-state index contributed by atoms with van der Waals surface area (Å²) in [7, 11) is 0. The molecule has 100 valence electrons. The number of aromatic amines is 1. The molecule has 0 bridgehead atoms. The van der Waals surface area contributed by atoms with Crippen molar-refractivity contribution in [2.45, 2.75) is 31.7 Å². The van der Waals surface area contributed by atoms with E-state index in [-0.39, 0.29) is 0 Å². The summed E-state index contributed by atoms with van der Waals surface area (Å²) in [5.41, 5.74) is 2.80. The fraction of sp³-hybridized carbons (Fsp3) is 0.429. The quantitative estimate of drug-likeness (QED) is 0.826. The Kier molecular flexibility index (Phi) is 3.80. The lowest BCUT2D eigenvalue weighted by atomic mass is 10.1. The molecule has 0 saturated carbocycles. The number of hydrogen-bond donors (Lipinski definition) is 2. The summed E-state index contributed by atoms with van der Waals surface area (Å²) in [6, 6.07) is 6.70. The Balaban J connectivity index is 1.50. The van der Waals surface area contributed by atoms with Crippen LogP contribution in [0.25, 0.3) is 0 Å². The SMILES string of the molecule is Clc1ccc2c(c1)CCC2NCCCc1ncn[nH]1. The van der Waals surface area contributed by atoms with E-state index in [0.717, 1.165) is 43.1 Å². The second kappa shape index (κ2) is 5.72. The maximum Gasteiger partial charge on any atom is 0.137 e. The molecule has 1 unspecified atom stereocenters. The van der Waals surface area contributed by atoms with Gasteiger partial charge in [0.1, 0.15) is 12.2 Å². The zero-order valence-electron chi connectivity index (χ0n) is 10.7. The predicted octanol–water partition coefficient (Wildman–Crippen LogP) is 2.67. The Hall–Kier alpha value is -1.39. The van der Waals surface area contributed by atoms with Crippen LogP contribution in [-0.2, 0) is 12.8 Å². The van der Waals surface area contributed by atoms with Crippen LogP contribution < -0.4 is 5.32 Å². The van der Waals surface area contributed by atoms with Gasteiger partial charge in [0.15, 0.2) is 0 Å². The van der Waals surface area contributed by atoms with Gasteiger partial charge in [-0.15, -0.1) is 0 Å². The van der Waals surface area contributed by atoms with Crippen LogP contribution in [0.1, 0.15) is 35.8 Å². The summed E-state index contributed by atoms with van der Waals surface area (Å²) in [4.78, 5) is 4.12. The topological polar surface area (TPSA) is 53.6 Å². The number of aryl methyl sites for hydroxylation is 2. The standard InChI is InChI=1S/C14H17ClN4/c15-11-4-5-12-10(8-11)3-6-13(12)16-7-1-2-14-17-9-18-19-14/h4-5,8-9,13,16H,1-3,6-7H2,(H,17,18,19). The van der Waals surface area contributed by atoms with Gasteiger partial charge in [0, 0.05) is 17.5 Å². The van der Waals surface area contributed by atoms with E-state index >= 15 is 0 Å². The molecule has 1 aromatic carbocycles. The number of nitrogens with zero attached hydrogens (tertiary/aromatic N) is 2. The first-order chi connectivity index (χ1) is 9.33. The number of H-pyrrole nitrogens is 1. The molecular formula is C14H17ClN4. The molecule has 1 aromatic heterocycles. The maximum absolute atomic E-state index is 6.02. The van der Waals surface area contributed by atoms with Gasteiger partial charge in [-0.1, -0.05) is 17.7 Å². The monoisotopic (exact) mass is 276 g/mol. The van der Waals surface area contributed by atoms with Gasteiger partial charge >= 0.3 is 0 Å². The van der Waals surface area contributed by atoms with E-state index in [4.69, 9.17) is 11.6 Å². The fourth-order valence-electron chi connectivity index (χ4n) is 2.68. The van der Waals surface area contributed by atoms with E-state index in [2.05, 4.69) is 32.6 Å². The lowest BCUT2D eigenvalue weighted by Crippen LogP contribution is -2.20. The number of hydrogen-bond acceptors (Lipinski definition) is 3. The molecule has 0 aliphatic heterocycles. The third-order valence-corrected chi connectivity index (χ3v) is 3.86. The van der Waals surface area contributed by atoms with E-state index in [0.29, 0.717) is 6.04 Å². The van der Waals surface area contributed by atoms with Crippen LogP contribution in [0, 0.1) is 0 Å². The molecule has 4 nitrogen and oxygen atoms in total. The number of benzene rings is 1. The van der Waals surface area contributed by atoms with E-state index < -0.39 is 0 Å². The third-order valence-electron chi connectivity index (χ3n) is 3.63. The Morgan fingerprint density at radius 1 is 1.42 bits per heavy atom. The van der Waals surface area contributed by atoms with Crippen LogP contribution in [0.2, 0.25) is 5.02 Å². The zero-order chi connectivity index (χ0) is 13.1.